The quantitative estimate of drug-likeness (QED) is 0.906. The minimum atomic E-state index is 0.110. The van der Waals surface area contributed by atoms with Crippen LogP contribution in [0.5, 0.6) is 0 Å². The Balaban J connectivity index is 2.05. The summed E-state index contributed by atoms with van der Waals surface area (Å²) in [6.45, 7) is 6.96. The zero-order valence-corrected chi connectivity index (χ0v) is 11.9. The van der Waals surface area contributed by atoms with E-state index in [2.05, 4.69) is 24.1 Å². The first-order valence-electron chi connectivity index (χ1n) is 7.19. The Morgan fingerprint density at radius 3 is 3.11 bits per heavy atom. The zero-order chi connectivity index (χ0) is 13.7. The molecule has 2 heterocycles. The molecule has 0 saturated carbocycles. The van der Waals surface area contributed by atoms with Crippen molar-refractivity contribution in [1.82, 2.24) is 9.88 Å². The number of rotatable bonds is 4. The normalized spacial score (nSPS) is 19.3. The van der Waals surface area contributed by atoms with Gasteiger partial charge in [0.2, 0.25) is 0 Å². The van der Waals surface area contributed by atoms with Crippen LogP contribution in [-0.2, 0) is 0 Å². The van der Waals surface area contributed by atoms with Gasteiger partial charge in [0.1, 0.15) is 0 Å². The molecule has 0 aromatic carbocycles. The van der Waals surface area contributed by atoms with Gasteiger partial charge in [-0.15, -0.1) is 0 Å². The number of aromatic nitrogens is 1. The second-order valence-corrected chi connectivity index (χ2v) is 5.39. The highest BCUT2D eigenvalue weighted by Crippen LogP contribution is 2.18. The van der Waals surface area contributed by atoms with E-state index in [0.717, 1.165) is 38.2 Å². The van der Waals surface area contributed by atoms with Crippen molar-refractivity contribution >= 4 is 11.6 Å². The predicted octanol–water partition coefficient (Wildman–Crippen LogP) is 2.78. The molecule has 0 bridgehead atoms. The molecule has 104 valence electrons. The molecule has 1 atom stereocenters. The van der Waals surface area contributed by atoms with Gasteiger partial charge < -0.3 is 10.2 Å². The molecule has 0 spiro atoms. The fraction of sp³-hybridized carbons (Fsp3) is 0.600. The maximum atomic E-state index is 12.4. The monoisotopic (exact) mass is 261 g/mol. The van der Waals surface area contributed by atoms with Gasteiger partial charge >= 0.3 is 0 Å². The summed E-state index contributed by atoms with van der Waals surface area (Å²) in [5, 5.41) is 3.27. The molecule has 19 heavy (non-hydrogen) atoms. The third-order valence-corrected chi connectivity index (χ3v) is 3.51. The Morgan fingerprint density at radius 2 is 2.37 bits per heavy atom. The summed E-state index contributed by atoms with van der Waals surface area (Å²) >= 11 is 0. The third kappa shape index (κ3) is 3.69. The van der Waals surface area contributed by atoms with Crippen LogP contribution in [0.15, 0.2) is 18.5 Å². The smallest absolute Gasteiger partial charge is 0.255 e. The number of pyridine rings is 1. The van der Waals surface area contributed by atoms with Gasteiger partial charge in [-0.1, -0.05) is 13.8 Å². The molecule has 1 fully saturated rings. The second-order valence-electron chi connectivity index (χ2n) is 5.39. The van der Waals surface area contributed by atoms with Crippen LogP contribution in [0.2, 0.25) is 0 Å². The lowest BCUT2D eigenvalue weighted by Gasteiger charge is -2.31. The van der Waals surface area contributed by atoms with Crippen LogP contribution >= 0.6 is 0 Å². The SMILES string of the molecule is CCCNc1cncc(C(=O)N2CCCC(C)C2)c1. The largest absolute Gasteiger partial charge is 0.384 e. The maximum Gasteiger partial charge on any atom is 0.255 e. The van der Waals surface area contributed by atoms with Crippen LogP contribution in [0.1, 0.15) is 43.5 Å². The molecule has 1 aromatic rings. The predicted molar refractivity (Wildman–Crippen MR) is 77.3 cm³/mol. The van der Waals surface area contributed by atoms with Crippen LogP contribution < -0.4 is 5.32 Å². The lowest BCUT2D eigenvalue weighted by molar-refractivity contribution is 0.0682. The lowest BCUT2D eigenvalue weighted by atomic mass is 10.00. The summed E-state index contributed by atoms with van der Waals surface area (Å²) < 4.78 is 0. The van der Waals surface area contributed by atoms with E-state index in [1.54, 1.807) is 12.4 Å². The molecule has 1 aliphatic rings. The topological polar surface area (TPSA) is 45.2 Å². The van der Waals surface area contributed by atoms with E-state index < -0.39 is 0 Å². The first kappa shape index (κ1) is 13.8. The number of nitrogens with one attached hydrogen (secondary N) is 1. The number of piperidine rings is 1. The molecule has 4 nitrogen and oxygen atoms in total. The molecule has 1 amide bonds. The molecule has 1 saturated heterocycles. The number of carbonyl (C=O) groups excluding carboxylic acids is 1. The Labute approximate surface area is 115 Å². The van der Waals surface area contributed by atoms with Gasteiger partial charge in [0.15, 0.2) is 0 Å². The maximum absolute atomic E-state index is 12.4. The molecule has 1 N–H and O–H groups in total. The Bertz CT molecular complexity index is 433. The van der Waals surface area contributed by atoms with Crippen molar-refractivity contribution in [3.05, 3.63) is 24.0 Å². The van der Waals surface area contributed by atoms with Crippen molar-refractivity contribution in [1.29, 1.82) is 0 Å². The van der Waals surface area contributed by atoms with E-state index in [1.807, 2.05) is 11.0 Å². The summed E-state index contributed by atoms with van der Waals surface area (Å²) in [4.78, 5) is 18.5. The summed E-state index contributed by atoms with van der Waals surface area (Å²) in [7, 11) is 0. The lowest BCUT2D eigenvalue weighted by Crippen LogP contribution is -2.39. The van der Waals surface area contributed by atoms with Gasteiger partial charge in [-0.25, -0.2) is 0 Å². The number of hydrogen-bond acceptors (Lipinski definition) is 3. The van der Waals surface area contributed by atoms with Gasteiger partial charge in [0.25, 0.3) is 5.91 Å². The van der Waals surface area contributed by atoms with Gasteiger partial charge in [-0.3, -0.25) is 9.78 Å². The van der Waals surface area contributed by atoms with E-state index in [-0.39, 0.29) is 5.91 Å². The van der Waals surface area contributed by atoms with Gasteiger partial charge in [-0.2, -0.15) is 0 Å². The van der Waals surface area contributed by atoms with E-state index in [0.29, 0.717) is 11.5 Å². The minimum absolute atomic E-state index is 0.110. The van der Waals surface area contributed by atoms with Gasteiger partial charge in [0.05, 0.1) is 11.3 Å². The molecular weight excluding hydrogens is 238 g/mol. The first-order chi connectivity index (χ1) is 9.20. The number of carbonyl (C=O) groups is 1. The van der Waals surface area contributed by atoms with Crippen molar-refractivity contribution in [2.75, 3.05) is 25.0 Å². The van der Waals surface area contributed by atoms with Crippen molar-refractivity contribution in [3.8, 4) is 0 Å². The highest BCUT2D eigenvalue weighted by molar-refractivity contribution is 5.94. The standard InChI is InChI=1S/C15H23N3O/c1-3-6-17-14-8-13(9-16-10-14)15(19)18-7-4-5-12(2)11-18/h8-10,12,17H,3-7,11H2,1-2H3. The molecule has 4 heteroatoms. The molecular formula is C15H23N3O. The molecule has 0 radical (unpaired) electrons. The van der Waals surface area contributed by atoms with Crippen LogP contribution in [0.25, 0.3) is 0 Å². The average molecular weight is 261 g/mol. The van der Waals surface area contributed by atoms with Crippen LogP contribution in [0.3, 0.4) is 0 Å². The second kappa shape index (κ2) is 6.55. The summed E-state index contributed by atoms with van der Waals surface area (Å²) in [5.74, 6) is 0.714. The molecule has 0 aliphatic carbocycles. The van der Waals surface area contributed by atoms with Crippen molar-refractivity contribution < 1.29 is 4.79 Å². The highest BCUT2D eigenvalue weighted by Gasteiger charge is 2.22. The third-order valence-electron chi connectivity index (χ3n) is 3.51. The number of anilines is 1. The summed E-state index contributed by atoms with van der Waals surface area (Å²) in [6, 6.07) is 1.91. The van der Waals surface area contributed by atoms with Crippen molar-refractivity contribution in [3.63, 3.8) is 0 Å². The number of amides is 1. The molecule has 1 aliphatic heterocycles. The molecule has 2 rings (SSSR count). The Morgan fingerprint density at radius 1 is 1.53 bits per heavy atom. The van der Waals surface area contributed by atoms with E-state index in [1.165, 1.54) is 6.42 Å². The highest BCUT2D eigenvalue weighted by atomic mass is 16.2. The first-order valence-corrected chi connectivity index (χ1v) is 7.19. The fourth-order valence-electron chi connectivity index (χ4n) is 2.48. The van der Waals surface area contributed by atoms with Crippen molar-refractivity contribution in [2.24, 2.45) is 5.92 Å². The van der Waals surface area contributed by atoms with Crippen molar-refractivity contribution in [2.45, 2.75) is 33.1 Å². The van der Waals surface area contributed by atoms with E-state index >= 15 is 0 Å². The number of likely N-dealkylation sites (tertiary alicyclic amines) is 1. The van der Waals surface area contributed by atoms with Gasteiger partial charge in [-0.05, 0) is 31.2 Å². The Kier molecular flexibility index (Phi) is 4.77. The fourth-order valence-corrected chi connectivity index (χ4v) is 2.48. The van der Waals surface area contributed by atoms with E-state index in [4.69, 9.17) is 0 Å². The summed E-state index contributed by atoms with van der Waals surface area (Å²) in [6.07, 6.45) is 6.82. The van der Waals surface area contributed by atoms with Crippen LogP contribution in [-0.4, -0.2) is 35.4 Å². The molecule has 1 unspecified atom stereocenters. The van der Waals surface area contributed by atoms with Gasteiger partial charge in [0, 0.05) is 32.0 Å². The number of hydrogen-bond donors (Lipinski definition) is 1. The zero-order valence-electron chi connectivity index (χ0n) is 11.9. The average Bonchev–Trinajstić information content (AvgIpc) is 2.44. The van der Waals surface area contributed by atoms with E-state index in [9.17, 15) is 4.79 Å². The number of nitrogens with zero attached hydrogens (tertiary/aromatic N) is 2. The van der Waals surface area contributed by atoms with Crippen LogP contribution in [0, 0.1) is 5.92 Å². The van der Waals surface area contributed by atoms with Crippen LogP contribution in [0.4, 0.5) is 5.69 Å². The Hall–Kier alpha value is -1.58. The molecule has 1 aromatic heterocycles. The minimum Gasteiger partial charge on any atom is -0.384 e. The summed E-state index contributed by atoms with van der Waals surface area (Å²) in [5.41, 5.74) is 1.62.